The van der Waals surface area contributed by atoms with Gasteiger partial charge in [-0.05, 0) is 93.3 Å². The number of amides is 1. The van der Waals surface area contributed by atoms with Gasteiger partial charge in [-0.15, -0.1) is 0 Å². The molecule has 36 heavy (non-hydrogen) atoms. The van der Waals surface area contributed by atoms with Crippen molar-refractivity contribution in [1.82, 2.24) is 15.2 Å². The number of anilines is 1. The molecule has 1 aromatic heterocycles. The molecule has 3 aromatic rings. The average molecular weight is 507 g/mol. The number of rotatable bonds is 7. The van der Waals surface area contributed by atoms with E-state index in [-0.39, 0.29) is 5.91 Å². The van der Waals surface area contributed by atoms with Crippen LogP contribution in [0.2, 0.25) is 0 Å². The van der Waals surface area contributed by atoms with Gasteiger partial charge in [0, 0.05) is 23.4 Å². The maximum atomic E-state index is 13.3. The molecule has 7 nitrogen and oxygen atoms in total. The van der Waals surface area contributed by atoms with Crippen molar-refractivity contribution in [2.75, 3.05) is 38.2 Å². The predicted molar refractivity (Wildman–Crippen MR) is 148 cm³/mol. The molecule has 0 bridgehead atoms. The molecule has 2 aromatic carbocycles. The number of carbonyl (C=O) groups excluding carboxylic acids is 1. The first-order chi connectivity index (χ1) is 17.3. The standard InChI is InChI=1S/C24H25N3O3S.C4H9N/c1-5-16-12-19(17-7-6-10-25-20(17)13-16)24(8-9-24)26-23(28)18-14-22(30-3)21(11-15(18)2)27-31(4)29;1-5-3-2-4-5/h5-7,10-14,27H,1,8-9H2,2-4H3,(H,26,28);2-4H2,1H3. The van der Waals surface area contributed by atoms with Crippen LogP contribution >= 0.6 is 0 Å². The molecule has 1 aliphatic heterocycles. The fourth-order valence-electron chi connectivity index (χ4n) is 4.40. The number of ether oxygens (including phenoxy) is 1. The molecule has 2 aliphatic rings. The van der Waals surface area contributed by atoms with Gasteiger partial charge in [0.2, 0.25) is 0 Å². The molecule has 1 saturated heterocycles. The van der Waals surface area contributed by atoms with Crippen molar-refractivity contribution in [1.29, 1.82) is 0 Å². The summed E-state index contributed by atoms with van der Waals surface area (Å²) in [4.78, 5) is 20.1. The Bertz CT molecular complexity index is 1320. The highest BCUT2D eigenvalue weighted by atomic mass is 32.2. The lowest BCUT2D eigenvalue weighted by atomic mass is 9.95. The second-order valence-electron chi connectivity index (χ2n) is 9.46. The smallest absolute Gasteiger partial charge is 0.252 e. The monoisotopic (exact) mass is 506 g/mol. The van der Waals surface area contributed by atoms with Crippen LogP contribution in [-0.4, -0.2) is 53.5 Å². The number of aryl methyl sites for hydroxylation is 1. The lowest BCUT2D eigenvalue weighted by molar-refractivity contribution is 0.0930. The second kappa shape index (κ2) is 10.8. The molecule has 1 unspecified atom stereocenters. The van der Waals surface area contributed by atoms with Crippen molar-refractivity contribution in [3.63, 3.8) is 0 Å². The summed E-state index contributed by atoms with van der Waals surface area (Å²) in [5.41, 5.74) is 4.38. The fourth-order valence-corrected chi connectivity index (χ4v) is 4.87. The summed E-state index contributed by atoms with van der Waals surface area (Å²) >= 11 is 0. The number of nitrogens with one attached hydrogen (secondary N) is 2. The van der Waals surface area contributed by atoms with Gasteiger partial charge in [0.15, 0.2) is 0 Å². The third-order valence-corrected chi connectivity index (χ3v) is 7.23. The van der Waals surface area contributed by atoms with Gasteiger partial charge >= 0.3 is 0 Å². The van der Waals surface area contributed by atoms with Crippen molar-refractivity contribution >= 4 is 39.6 Å². The summed E-state index contributed by atoms with van der Waals surface area (Å²) in [5, 5.41) is 4.29. The number of nitrogens with zero attached hydrogens (tertiary/aromatic N) is 2. The molecule has 190 valence electrons. The van der Waals surface area contributed by atoms with Crippen molar-refractivity contribution in [3.8, 4) is 5.75 Å². The second-order valence-corrected chi connectivity index (χ2v) is 10.6. The highest BCUT2D eigenvalue weighted by Gasteiger charge is 2.47. The lowest BCUT2D eigenvalue weighted by Gasteiger charge is -2.24. The topological polar surface area (TPSA) is 83.6 Å². The van der Waals surface area contributed by atoms with Crippen LogP contribution in [-0.2, 0) is 16.5 Å². The number of pyridine rings is 1. The lowest BCUT2D eigenvalue weighted by Crippen LogP contribution is -2.35. The molecule has 0 spiro atoms. The largest absolute Gasteiger partial charge is 0.495 e. The summed E-state index contributed by atoms with van der Waals surface area (Å²) in [6.07, 6.45) is 8.24. The zero-order valence-electron chi connectivity index (χ0n) is 21.4. The van der Waals surface area contributed by atoms with Crippen LogP contribution < -0.4 is 14.8 Å². The molecule has 2 N–H and O–H groups in total. The minimum absolute atomic E-state index is 0.168. The molecule has 0 radical (unpaired) electrons. The predicted octanol–water partition coefficient (Wildman–Crippen LogP) is 4.64. The van der Waals surface area contributed by atoms with Crippen LogP contribution in [0.3, 0.4) is 0 Å². The van der Waals surface area contributed by atoms with Crippen molar-refractivity contribution in [3.05, 3.63) is 71.4 Å². The minimum Gasteiger partial charge on any atom is -0.495 e. The molecule has 1 amide bonds. The number of aromatic nitrogens is 1. The fraction of sp³-hybridized carbons (Fsp3) is 0.357. The minimum atomic E-state index is -1.25. The third-order valence-electron chi connectivity index (χ3n) is 6.72. The van der Waals surface area contributed by atoms with Crippen molar-refractivity contribution in [2.45, 2.75) is 31.7 Å². The molecule has 2 heterocycles. The van der Waals surface area contributed by atoms with E-state index in [1.54, 1.807) is 30.7 Å². The summed E-state index contributed by atoms with van der Waals surface area (Å²) in [5.74, 6) is 0.303. The van der Waals surface area contributed by atoms with E-state index in [0.717, 1.165) is 40.4 Å². The first-order valence-electron chi connectivity index (χ1n) is 12.1. The number of likely N-dealkylation sites (tertiary alicyclic amines) is 1. The summed E-state index contributed by atoms with van der Waals surface area (Å²) in [7, 11) is 2.42. The Kier molecular flexibility index (Phi) is 7.76. The zero-order valence-corrected chi connectivity index (χ0v) is 22.2. The highest BCUT2D eigenvalue weighted by Crippen LogP contribution is 2.48. The molecule has 1 saturated carbocycles. The number of methoxy groups -OCH3 is 1. The Morgan fingerprint density at radius 2 is 1.97 bits per heavy atom. The molecule has 1 atom stereocenters. The van der Waals surface area contributed by atoms with E-state index in [9.17, 15) is 9.00 Å². The molecular weight excluding hydrogens is 472 g/mol. The Labute approximate surface area is 215 Å². The average Bonchev–Trinajstić information content (AvgIpc) is 3.62. The molecule has 1 aliphatic carbocycles. The van der Waals surface area contributed by atoms with E-state index in [4.69, 9.17) is 4.74 Å². The number of fused-ring (bicyclic) bond motifs is 1. The maximum absolute atomic E-state index is 13.3. The van der Waals surface area contributed by atoms with Gasteiger partial charge < -0.3 is 19.7 Å². The zero-order chi connectivity index (χ0) is 25.9. The summed E-state index contributed by atoms with van der Waals surface area (Å²) in [6, 6.07) is 11.5. The molecular formula is C28H34N4O3S. The van der Waals surface area contributed by atoms with E-state index in [2.05, 4.69) is 39.6 Å². The van der Waals surface area contributed by atoms with E-state index < -0.39 is 16.5 Å². The number of benzene rings is 2. The van der Waals surface area contributed by atoms with Crippen molar-refractivity contribution < 1.29 is 13.7 Å². The van der Waals surface area contributed by atoms with Gasteiger partial charge in [0.05, 0.1) is 23.9 Å². The maximum Gasteiger partial charge on any atom is 0.252 e. The summed E-state index contributed by atoms with van der Waals surface area (Å²) < 4.78 is 19.8. The number of carbonyl (C=O) groups is 1. The Balaban J connectivity index is 0.000000543. The van der Waals surface area contributed by atoms with Gasteiger partial charge in [0.25, 0.3) is 5.91 Å². The van der Waals surface area contributed by atoms with Crippen molar-refractivity contribution in [2.24, 2.45) is 0 Å². The van der Waals surface area contributed by atoms with Crippen LogP contribution in [0.15, 0.2) is 49.2 Å². The van der Waals surface area contributed by atoms with Gasteiger partial charge in [-0.3, -0.25) is 9.78 Å². The normalized spacial score (nSPS) is 16.7. The number of hydrogen-bond donors (Lipinski definition) is 2. The highest BCUT2D eigenvalue weighted by molar-refractivity contribution is 7.85. The van der Waals surface area contributed by atoms with Gasteiger partial charge in [0.1, 0.15) is 16.7 Å². The Morgan fingerprint density at radius 1 is 1.25 bits per heavy atom. The molecule has 5 rings (SSSR count). The molecule has 8 heteroatoms. The van der Waals surface area contributed by atoms with Crippen LogP contribution in [0.4, 0.5) is 5.69 Å². The van der Waals surface area contributed by atoms with Crippen LogP contribution in [0, 0.1) is 6.92 Å². The van der Waals surface area contributed by atoms with Crippen LogP contribution in [0.1, 0.15) is 46.3 Å². The quantitative estimate of drug-likeness (QED) is 0.488. The van der Waals surface area contributed by atoms with E-state index >= 15 is 0 Å². The van der Waals surface area contributed by atoms with Crippen LogP contribution in [0.5, 0.6) is 5.75 Å². The number of hydrogen-bond acceptors (Lipinski definition) is 5. The van der Waals surface area contributed by atoms with E-state index in [1.165, 1.54) is 26.6 Å². The SMILES string of the molecule is C=Cc1cc(C2(NC(=O)c3cc(OC)c(NS(C)=O)cc3C)CC2)c2cccnc2c1.CN1CCC1. The van der Waals surface area contributed by atoms with E-state index in [1.807, 2.05) is 25.1 Å². The first kappa shape index (κ1) is 25.9. The first-order valence-corrected chi connectivity index (χ1v) is 13.6. The Hall–Kier alpha value is -3.23. The van der Waals surface area contributed by atoms with Crippen LogP contribution in [0.25, 0.3) is 17.0 Å². The van der Waals surface area contributed by atoms with Gasteiger partial charge in [-0.2, -0.15) is 0 Å². The third kappa shape index (κ3) is 5.60. The molecule has 2 fully saturated rings. The summed E-state index contributed by atoms with van der Waals surface area (Å²) in [6.45, 7) is 8.39. The van der Waals surface area contributed by atoms with Gasteiger partial charge in [-0.1, -0.05) is 18.7 Å². The van der Waals surface area contributed by atoms with E-state index in [0.29, 0.717) is 17.0 Å². The Morgan fingerprint density at radius 3 is 2.53 bits per heavy atom. The van der Waals surface area contributed by atoms with Gasteiger partial charge in [-0.25, -0.2) is 4.21 Å².